The third kappa shape index (κ3) is 5.32. The molecule has 2 aromatic carbocycles. The molecule has 8 nitrogen and oxygen atoms in total. The molecule has 2 heterocycles. The summed E-state index contributed by atoms with van der Waals surface area (Å²) in [6.45, 7) is 3.78. The second-order valence-corrected chi connectivity index (χ2v) is 11.3. The van der Waals surface area contributed by atoms with Crippen LogP contribution in [0, 0.1) is 0 Å². The van der Waals surface area contributed by atoms with E-state index < -0.39 is 27.1 Å². The topological polar surface area (TPSA) is 96.3 Å². The lowest BCUT2D eigenvalue weighted by Gasteiger charge is -2.29. The van der Waals surface area contributed by atoms with E-state index in [9.17, 15) is 26.4 Å². The van der Waals surface area contributed by atoms with Crippen molar-refractivity contribution in [3.63, 3.8) is 0 Å². The third-order valence-corrected chi connectivity index (χ3v) is 8.32. The van der Waals surface area contributed by atoms with Crippen molar-refractivity contribution >= 4 is 49.6 Å². The highest BCUT2D eigenvalue weighted by molar-refractivity contribution is 7.91. The number of alkyl halides is 3. The van der Waals surface area contributed by atoms with Crippen LogP contribution in [0.4, 0.5) is 18.9 Å². The van der Waals surface area contributed by atoms with Crippen LogP contribution in [0.15, 0.2) is 40.3 Å². The fraction of sp³-hybridized carbons (Fsp3) is 0.364. The van der Waals surface area contributed by atoms with Crippen molar-refractivity contribution in [3.8, 4) is 0 Å². The number of nitrogens with one attached hydrogen (secondary N) is 2. The Hall–Kier alpha value is -2.38. The summed E-state index contributed by atoms with van der Waals surface area (Å²) in [6.07, 6.45) is -3.72. The molecule has 0 atom stereocenters. The van der Waals surface area contributed by atoms with Crippen molar-refractivity contribution in [1.82, 2.24) is 19.9 Å². The summed E-state index contributed by atoms with van der Waals surface area (Å²) in [5, 5.41) is 2.71. The first kappa shape index (κ1) is 26.7. The molecule has 4 rings (SSSR count). The second kappa shape index (κ2) is 10.2. The van der Waals surface area contributed by atoms with Crippen molar-refractivity contribution in [2.75, 3.05) is 37.4 Å². The van der Waals surface area contributed by atoms with E-state index in [2.05, 4.69) is 15.7 Å². The highest BCUT2D eigenvalue weighted by atomic mass is 35.5. The molecule has 0 unspecified atom stereocenters. The lowest BCUT2D eigenvalue weighted by Crippen LogP contribution is -2.43. The van der Waals surface area contributed by atoms with Gasteiger partial charge in [0, 0.05) is 37.7 Å². The monoisotopic (exact) mass is 563 g/mol. The van der Waals surface area contributed by atoms with E-state index in [1.807, 2.05) is 4.90 Å². The first-order valence-corrected chi connectivity index (χ1v) is 13.4. The molecule has 0 radical (unpaired) electrons. The Kier molecular flexibility index (Phi) is 7.54. The van der Waals surface area contributed by atoms with Gasteiger partial charge in [-0.3, -0.25) is 15.1 Å². The number of halogens is 5. The summed E-state index contributed by atoms with van der Waals surface area (Å²) >= 11 is 12.4. The van der Waals surface area contributed by atoms with Gasteiger partial charge >= 0.3 is 6.18 Å². The zero-order valence-corrected chi connectivity index (χ0v) is 21.3. The molecule has 1 aliphatic rings. The molecule has 0 saturated carbocycles. The van der Waals surface area contributed by atoms with E-state index in [0.29, 0.717) is 26.2 Å². The molecule has 0 bridgehead atoms. The zero-order valence-electron chi connectivity index (χ0n) is 19.0. The van der Waals surface area contributed by atoms with Gasteiger partial charge in [-0.25, -0.2) is 18.1 Å². The van der Waals surface area contributed by atoms with Crippen LogP contribution in [0.2, 0.25) is 10.0 Å². The van der Waals surface area contributed by atoms with Gasteiger partial charge in [0.2, 0.25) is 0 Å². The van der Waals surface area contributed by atoms with Crippen LogP contribution in [0.3, 0.4) is 0 Å². The van der Waals surface area contributed by atoms with Gasteiger partial charge in [0.1, 0.15) is 6.33 Å². The number of hydrogen-bond donors (Lipinski definition) is 2. The third-order valence-electron chi connectivity index (χ3n) is 5.89. The summed E-state index contributed by atoms with van der Waals surface area (Å²) in [5.41, 5.74) is 0.450. The van der Waals surface area contributed by atoms with Gasteiger partial charge in [0.05, 0.1) is 37.8 Å². The van der Waals surface area contributed by atoms with Crippen molar-refractivity contribution in [2.24, 2.45) is 0 Å². The molecule has 1 fully saturated rings. The van der Waals surface area contributed by atoms with Gasteiger partial charge in [0.15, 0.2) is 9.84 Å². The second-order valence-electron chi connectivity index (χ2n) is 8.21. The minimum Gasteiger partial charge on any atom is -0.314 e. The Morgan fingerprint density at radius 1 is 1.17 bits per heavy atom. The largest absolute Gasteiger partial charge is 0.416 e. The number of piperazine rings is 1. The van der Waals surface area contributed by atoms with Crippen LogP contribution in [0.1, 0.15) is 18.1 Å². The van der Waals surface area contributed by atoms with Crippen molar-refractivity contribution in [2.45, 2.75) is 24.5 Å². The molecule has 14 heteroatoms. The highest BCUT2D eigenvalue weighted by Gasteiger charge is 2.36. The van der Waals surface area contributed by atoms with E-state index in [1.54, 1.807) is 0 Å². The Bertz CT molecular complexity index is 1470. The van der Waals surface area contributed by atoms with Crippen molar-refractivity contribution in [1.29, 1.82) is 0 Å². The van der Waals surface area contributed by atoms with E-state index >= 15 is 0 Å². The molecule has 2 N–H and O–H groups in total. The molecule has 0 aliphatic carbocycles. The molecule has 1 aliphatic heterocycles. The van der Waals surface area contributed by atoms with Crippen molar-refractivity contribution in [3.05, 3.63) is 62.1 Å². The number of benzene rings is 2. The highest BCUT2D eigenvalue weighted by Crippen LogP contribution is 2.39. The standard InChI is InChI=1S/C22H22Cl2F3N5O3S/c1-2-36(34,35)18-4-3-13(23)9-17(18)30-32-12-29-20-14(21(32)33)10-16(22(25,26)27)15(19(20)24)11-31-7-5-28-6-8-31/h3-4,9-10,12,28,30H,2,5-8,11H2,1H3. The fourth-order valence-corrected chi connectivity index (χ4v) is 5.50. The van der Waals surface area contributed by atoms with E-state index in [-0.39, 0.29) is 49.4 Å². The normalized spacial score (nSPS) is 15.4. The first-order chi connectivity index (χ1) is 16.9. The van der Waals surface area contributed by atoms with Gasteiger partial charge in [-0.05, 0) is 29.8 Å². The van der Waals surface area contributed by atoms with Crippen LogP contribution in [0.25, 0.3) is 10.9 Å². The maximum Gasteiger partial charge on any atom is 0.416 e. The quantitative estimate of drug-likeness (QED) is 0.471. The van der Waals surface area contributed by atoms with Gasteiger partial charge in [-0.2, -0.15) is 13.2 Å². The summed E-state index contributed by atoms with van der Waals surface area (Å²) in [4.78, 5) is 19.1. The van der Waals surface area contributed by atoms with E-state index in [4.69, 9.17) is 23.2 Å². The Balaban J connectivity index is 1.84. The molecular weight excluding hydrogens is 542 g/mol. The minimum atomic E-state index is -4.77. The number of nitrogens with zero attached hydrogens (tertiary/aromatic N) is 3. The number of anilines is 1. The van der Waals surface area contributed by atoms with E-state index in [0.717, 1.165) is 17.1 Å². The number of rotatable bonds is 6. The SMILES string of the molecule is CCS(=O)(=O)c1ccc(Cl)cc1Nn1cnc2c(Cl)c(CN3CCNCC3)c(C(F)(F)F)cc2c1=O. The number of fused-ring (bicyclic) bond motifs is 1. The van der Waals surface area contributed by atoms with Crippen LogP contribution >= 0.6 is 23.2 Å². The van der Waals surface area contributed by atoms with Crippen LogP contribution in [-0.2, 0) is 22.6 Å². The zero-order chi connectivity index (χ0) is 26.3. The molecular formula is C22H22Cl2F3N5O3S. The van der Waals surface area contributed by atoms with Gasteiger partial charge < -0.3 is 5.32 Å². The summed E-state index contributed by atoms with van der Waals surface area (Å²) < 4.78 is 67.9. The number of hydrogen-bond acceptors (Lipinski definition) is 7. The molecule has 1 saturated heterocycles. The minimum absolute atomic E-state index is 0.0231. The summed E-state index contributed by atoms with van der Waals surface area (Å²) in [7, 11) is -3.71. The van der Waals surface area contributed by atoms with Gasteiger partial charge in [0.25, 0.3) is 5.56 Å². The van der Waals surface area contributed by atoms with Crippen LogP contribution < -0.4 is 16.3 Å². The van der Waals surface area contributed by atoms with E-state index in [1.165, 1.54) is 25.1 Å². The Labute approximate surface area is 214 Å². The number of aromatic nitrogens is 2. The lowest BCUT2D eigenvalue weighted by atomic mass is 10.0. The maximum absolute atomic E-state index is 14.0. The molecule has 0 spiro atoms. The summed E-state index contributed by atoms with van der Waals surface area (Å²) in [6, 6.07) is 4.70. The molecule has 194 valence electrons. The molecule has 0 amide bonds. The molecule has 1 aromatic heterocycles. The molecule has 3 aromatic rings. The maximum atomic E-state index is 14.0. The molecule has 36 heavy (non-hydrogen) atoms. The summed E-state index contributed by atoms with van der Waals surface area (Å²) in [5.74, 6) is -0.214. The Morgan fingerprint density at radius 2 is 1.86 bits per heavy atom. The predicted molar refractivity (Wildman–Crippen MR) is 132 cm³/mol. The average molecular weight is 564 g/mol. The fourth-order valence-electron chi connectivity index (χ4n) is 3.99. The smallest absolute Gasteiger partial charge is 0.314 e. The van der Waals surface area contributed by atoms with Crippen molar-refractivity contribution < 1.29 is 21.6 Å². The number of sulfone groups is 1. The lowest BCUT2D eigenvalue weighted by molar-refractivity contribution is -0.138. The average Bonchev–Trinajstić information content (AvgIpc) is 2.82. The van der Waals surface area contributed by atoms with Gasteiger partial charge in [-0.1, -0.05) is 30.1 Å². The van der Waals surface area contributed by atoms with Gasteiger partial charge in [-0.15, -0.1) is 0 Å². The first-order valence-electron chi connectivity index (χ1n) is 10.9. The predicted octanol–water partition coefficient (Wildman–Crippen LogP) is 3.80. The van der Waals surface area contributed by atoms with Crippen LogP contribution in [-0.4, -0.2) is 54.9 Å². The Morgan fingerprint density at radius 3 is 2.50 bits per heavy atom. The van der Waals surface area contributed by atoms with Crippen LogP contribution in [0.5, 0.6) is 0 Å².